The van der Waals surface area contributed by atoms with Crippen molar-refractivity contribution in [3.8, 4) is 0 Å². The second-order valence-corrected chi connectivity index (χ2v) is 3.79. The fraction of sp³-hybridized carbons (Fsp3) is 0.417. The molecule has 0 fully saturated rings. The molecule has 16 heavy (non-hydrogen) atoms. The van der Waals surface area contributed by atoms with Crippen LogP contribution < -0.4 is 0 Å². The maximum absolute atomic E-state index is 12.0. The third kappa shape index (κ3) is 4.98. The van der Waals surface area contributed by atoms with E-state index in [1.807, 2.05) is 30.3 Å². The maximum atomic E-state index is 12.0. The van der Waals surface area contributed by atoms with Crippen LogP contribution in [0.4, 0.5) is 8.78 Å². The second kappa shape index (κ2) is 6.33. The lowest BCUT2D eigenvalue weighted by Gasteiger charge is -2.14. The van der Waals surface area contributed by atoms with E-state index in [1.165, 1.54) is 11.9 Å². The summed E-state index contributed by atoms with van der Waals surface area (Å²) in [6.45, 7) is -0.292. The van der Waals surface area contributed by atoms with Crippen LogP contribution >= 0.6 is 0 Å². The van der Waals surface area contributed by atoms with E-state index < -0.39 is 6.43 Å². The molecule has 0 spiro atoms. The largest absolute Gasteiger partial charge is 0.298 e. The predicted octanol–water partition coefficient (Wildman–Crippen LogP) is 2.00. The number of carbonyl (C=O) groups is 1. The highest BCUT2D eigenvalue weighted by Crippen LogP contribution is 2.02. The lowest BCUT2D eigenvalue weighted by molar-refractivity contribution is -0.119. The predicted molar refractivity (Wildman–Crippen MR) is 58.7 cm³/mol. The van der Waals surface area contributed by atoms with Crippen LogP contribution in [0.1, 0.15) is 5.56 Å². The summed E-state index contributed by atoms with van der Waals surface area (Å²) in [4.78, 5) is 12.9. The van der Waals surface area contributed by atoms with E-state index in [4.69, 9.17) is 0 Å². The van der Waals surface area contributed by atoms with Crippen molar-refractivity contribution < 1.29 is 13.6 Å². The van der Waals surface area contributed by atoms with Crippen LogP contribution in [0, 0.1) is 0 Å². The fourth-order valence-electron chi connectivity index (χ4n) is 1.48. The first-order chi connectivity index (χ1) is 7.58. The standard InChI is InChI=1S/C12H15F2NO/c1-15(9-12(13)14)8-11(16)7-10-5-3-2-4-6-10/h2-6,12H,7-9H2,1H3. The molecule has 0 heterocycles. The van der Waals surface area contributed by atoms with Gasteiger partial charge in [0.05, 0.1) is 13.1 Å². The monoisotopic (exact) mass is 227 g/mol. The smallest absolute Gasteiger partial charge is 0.251 e. The quantitative estimate of drug-likeness (QED) is 0.740. The van der Waals surface area contributed by atoms with Crippen LogP contribution in [0.25, 0.3) is 0 Å². The molecule has 0 aromatic heterocycles. The summed E-state index contributed by atoms with van der Waals surface area (Å²) in [5, 5.41) is 0. The van der Waals surface area contributed by atoms with Crippen molar-refractivity contribution in [2.75, 3.05) is 20.1 Å². The van der Waals surface area contributed by atoms with Crippen molar-refractivity contribution in [3.63, 3.8) is 0 Å². The summed E-state index contributed by atoms with van der Waals surface area (Å²) in [6.07, 6.45) is -2.09. The number of alkyl halides is 2. The molecule has 1 rings (SSSR count). The molecule has 0 bridgehead atoms. The molecule has 0 saturated heterocycles. The van der Waals surface area contributed by atoms with E-state index in [0.29, 0.717) is 6.42 Å². The Morgan fingerprint density at radius 2 is 1.94 bits per heavy atom. The summed E-state index contributed by atoms with van der Waals surface area (Å²) < 4.78 is 24.0. The molecule has 0 aliphatic heterocycles. The normalized spacial score (nSPS) is 11.1. The molecule has 0 aliphatic rings. The number of carbonyl (C=O) groups excluding carboxylic acids is 1. The molecule has 2 nitrogen and oxygen atoms in total. The lowest BCUT2D eigenvalue weighted by atomic mass is 10.1. The summed E-state index contributed by atoms with van der Waals surface area (Å²) in [6, 6.07) is 9.28. The average molecular weight is 227 g/mol. The highest BCUT2D eigenvalue weighted by Gasteiger charge is 2.11. The summed E-state index contributed by atoms with van der Waals surface area (Å²) in [5.41, 5.74) is 0.915. The van der Waals surface area contributed by atoms with Crippen LogP contribution in [-0.2, 0) is 11.2 Å². The Morgan fingerprint density at radius 1 is 1.31 bits per heavy atom. The number of benzene rings is 1. The van der Waals surface area contributed by atoms with Gasteiger partial charge in [-0.3, -0.25) is 9.69 Å². The molecule has 1 aromatic carbocycles. The molecule has 0 radical (unpaired) electrons. The Balaban J connectivity index is 2.36. The van der Waals surface area contributed by atoms with Gasteiger partial charge in [-0.05, 0) is 12.6 Å². The van der Waals surface area contributed by atoms with Crippen LogP contribution in [0.2, 0.25) is 0 Å². The molecule has 88 valence electrons. The van der Waals surface area contributed by atoms with Crippen molar-refractivity contribution in [1.29, 1.82) is 0 Å². The van der Waals surface area contributed by atoms with Crippen molar-refractivity contribution >= 4 is 5.78 Å². The molecule has 0 atom stereocenters. The number of halogens is 2. The van der Waals surface area contributed by atoms with Crippen LogP contribution in [-0.4, -0.2) is 37.2 Å². The molecule has 0 saturated carbocycles. The molecular formula is C12H15F2NO. The maximum Gasteiger partial charge on any atom is 0.251 e. The van der Waals surface area contributed by atoms with Gasteiger partial charge in [-0.25, -0.2) is 8.78 Å². The van der Waals surface area contributed by atoms with Crippen LogP contribution in [0.3, 0.4) is 0 Å². The Labute approximate surface area is 93.9 Å². The molecule has 4 heteroatoms. The van der Waals surface area contributed by atoms with E-state index in [0.717, 1.165) is 5.56 Å². The van der Waals surface area contributed by atoms with Crippen molar-refractivity contribution in [2.45, 2.75) is 12.8 Å². The minimum absolute atomic E-state index is 0.0469. The highest BCUT2D eigenvalue weighted by atomic mass is 19.3. The number of ketones is 1. The van der Waals surface area contributed by atoms with Gasteiger partial charge in [0.1, 0.15) is 0 Å². The number of Topliss-reactive ketones (excluding diaryl/α,β-unsaturated/α-hetero) is 1. The van der Waals surface area contributed by atoms with Gasteiger partial charge >= 0.3 is 0 Å². The molecule has 0 unspecified atom stereocenters. The highest BCUT2D eigenvalue weighted by molar-refractivity contribution is 5.82. The number of rotatable bonds is 6. The van der Waals surface area contributed by atoms with Crippen molar-refractivity contribution in [2.24, 2.45) is 0 Å². The topological polar surface area (TPSA) is 20.3 Å². The Bertz CT molecular complexity index is 327. The lowest BCUT2D eigenvalue weighted by Crippen LogP contribution is -2.31. The van der Waals surface area contributed by atoms with Gasteiger partial charge in [0.25, 0.3) is 6.43 Å². The average Bonchev–Trinajstić information content (AvgIpc) is 2.17. The third-order valence-corrected chi connectivity index (χ3v) is 2.14. The first kappa shape index (κ1) is 12.8. The van der Waals surface area contributed by atoms with Gasteiger partial charge in [0.2, 0.25) is 0 Å². The minimum Gasteiger partial charge on any atom is -0.298 e. The molecule has 0 amide bonds. The van der Waals surface area contributed by atoms with E-state index >= 15 is 0 Å². The summed E-state index contributed by atoms with van der Waals surface area (Å²) in [5.74, 6) is -0.0469. The number of likely N-dealkylation sites (N-methyl/N-ethyl adjacent to an activating group) is 1. The van der Waals surface area contributed by atoms with Crippen LogP contribution in [0.5, 0.6) is 0 Å². The van der Waals surface area contributed by atoms with E-state index in [2.05, 4.69) is 0 Å². The van der Waals surface area contributed by atoms with E-state index in [-0.39, 0.29) is 18.9 Å². The van der Waals surface area contributed by atoms with Crippen LogP contribution in [0.15, 0.2) is 30.3 Å². The van der Waals surface area contributed by atoms with Crippen molar-refractivity contribution in [1.82, 2.24) is 4.90 Å². The van der Waals surface area contributed by atoms with E-state index in [1.54, 1.807) is 0 Å². The zero-order valence-electron chi connectivity index (χ0n) is 9.20. The van der Waals surface area contributed by atoms with Gasteiger partial charge in [0, 0.05) is 6.42 Å². The molecule has 1 aromatic rings. The SMILES string of the molecule is CN(CC(=O)Cc1ccccc1)CC(F)F. The third-order valence-electron chi connectivity index (χ3n) is 2.14. The van der Waals surface area contributed by atoms with Gasteiger partial charge in [0.15, 0.2) is 5.78 Å². The first-order valence-electron chi connectivity index (χ1n) is 5.10. The van der Waals surface area contributed by atoms with Gasteiger partial charge < -0.3 is 0 Å². The Kier molecular flexibility index (Phi) is 5.05. The van der Waals surface area contributed by atoms with Gasteiger partial charge in [-0.1, -0.05) is 30.3 Å². The number of nitrogens with zero attached hydrogens (tertiary/aromatic N) is 1. The minimum atomic E-state index is -2.39. The second-order valence-electron chi connectivity index (χ2n) is 3.79. The van der Waals surface area contributed by atoms with Crippen molar-refractivity contribution in [3.05, 3.63) is 35.9 Å². The summed E-state index contributed by atoms with van der Waals surface area (Å²) >= 11 is 0. The number of hydrogen-bond donors (Lipinski definition) is 0. The molecule has 0 N–H and O–H groups in total. The van der Waals surface area contributed by atoms with E-state index in [9.17, 15) is 13.6 Å². The fourth-order valence-corrected chi connectivity index (χ4v) is 1.48. The zero-order valence-corrected chi connectivity index (χ0v) is 9.20. The Hall–Kier alpha value is -1.29. The Morgan fingerprint density at radius 3 is 2.50 bits per heavy atom. The summed E-state index contributed by atoms with van der Waals surface area (Å²) in [7, 11) is 1.52. The van der Waals surface area contributed by atoms with Gasteiger partial charge in [-0.15, -0.1) is 0 Å². The molecule has 0 aliphatic carbocycles. The van der Waals surface area contributed by atoms with Gasteiger partial charge in [-0.2, -0.15) is 0 Å². The first-order valence-corrected chi connectivity index (χ1v) is 5.10. The molecular weight excluding hydrogens is 212 g/mol. The number of hydrogen-bond acceptors (Lipinski definition) is 2. The zero-order chi connectivity index (χ0) is 12.0.